The molecule has 0 aliphatic heterocycles. The molecule has 2 aromatic rings. The number of benzene rings is 1. The Balaban J connectivity index is 2.22. The standard InChI is InChI=1S/C12H10ClNO3S2/c1-19(16,17)9-4-2-3-8(7-9)14-12(15)10-5-6-11(13)18-10/h2-7H,1H3,(H,14,15). The zero-order valence-electron chi connectivity index (χ0n) is 9.88. The monoisotopic (exact) mass is 315 g/mol. The highest BCUT2D eigenvalue weighted by molar-refractivity contribution is 7.90. The second-order valence-electron chi connectivity index (χ2n) is 3.86. The largest absolute Gasteiger partial charge is 0.321 e. The van der Waals surface area contributed by atoms with Crippen molar-refractivity contribution in [1.82, 2.24) is 0 Å². The van der Waals surface area contributed by atoms with Crippen LogP contribution in [0.3, 0.4) is 0 Å². The minimum absolute atomic E-state index is 0.162. The molecule has 1 aromatic carbocycles. The van der Waals surface area contributed by atoms with E-state index in [4.69, 9.17) is 11.6 Å². The van der Waals surface area contributed by atoms with E-state index in [1.54, 1.807) is 24.3 Å². The van der Waals surface area contributed by atoms with Crippen LogP contribution in [0.2, 0.25) is 4.34 Å². The van der Waals surface area contributed by atoms with E-state index in [1.807, 2.05) is 0 Å². The first kappa shape index (κ1) is 14.0. The molecule has 0 aliphatic carbocycles. The van der Waals surface area contributed by atoms with Gasteiger partial charge >= 0.3 is 0 Å². The molecule has 0 fully saturated rings. The van der Waals surface area contributed by atoms with Gasteiger partial charge in [0.15, 0.2) is 9.84 Å². The lowest BCUT2D eigenvalue weighted by molar-refractivity contribution is 0.103. The summed E-state index contributed by atoms with van der Waals surface area (Å²) in [7, 11) is -3.29. The highest BCUT2D eigenvalue weighted by Gasteiger charge is 2.11. The fraction of sp³-hybridized carbons (Fsp3) is 0.0833. The van der Waals surface area contributed by atoms with Crippen molar-refractivity contribution in [3.63, 3.8) is 0 Å². The number of hydrogen-bond donors (Lipinski definition) is 1. The van der Waals surface area contributed by atoms with Crippen molar-refractivity contribution in [3.8, 4) is 0 Å². The number of hydrogen-bond acceptors (Lipinski definition) is 4. The molecule has 0 saturated heterocycles. The van der Waals surface area contributed by atoms with E-state index >= 15 is 0 Å². The Morgan fingerprint density at radius 1 is 1.26 bits per heavy atom. The maximum Gasteiger partial charge on any atom is 0.265 e. The molecule has 19 heavy (non-hydrogen) atoms. The Morgan fingerprint density at radius 3 is 2.58 bits per heavy atom. The number of nitrogens with one attached hydrogen (secondary N) is 1. The van der Waals surface area contributed by atoms with Gasteiger partial charge in [0.2, 0.25) is 0 Å². The lowest BCUT2D eigenvalue weighted by atomic mass is 10.3. The molecule has 7 heteroatoms. The molecule has 0 bridgehead atoms. The van der Waals surface area contributed by atoms with Crippen molar-refractivity contribution in [3.05, 3.63) is 45.6 Å². The fourth-order valence-corrected chi connectivity index (χ4v) is 3.04. The number of rotatable bonds is 3. The number of halogens is 1. The van der Waals surface area contributed by atoms with E-state index in [0.717, 1.165) is 17.6 Å². The molecule has 0 saturated carbocycles. The summed E-state index contributed by atoms with van der Waals surface area (Å²) in [6, 6.07) is 9.35. The molecule has 100 valence electrons. The van der Waals surface area contributed by atoms with Gasteiger partial charge in [-0.1, -0.05) is 17.7 Å². The van der Waals surface area contributed by atoms with Crippen LogP contribution >= 0.6 is 22.9 Å². The minimum atomic E-state index is -3.29. The van der Waals surface area contributed by atoms with Gasteiger partial charge in [-0.15, -0.1) is 11.3 Å². The topological polar surface area (TPSA) is 63.2 Å². The van der Waals surface area contributed by atoms with Crippen LogP contribution in [0.15, 0.2) is 41.3 Å². The van der Waals surface area contributed by atoms with E-state index in [-0.39, 0.29) is 10.8 Å². The van der Waals surface area contributed by atoms with Gasteiger partial charge in [0.1, 0.15) is 0 Å². The smallest absolute Gasteiger partial charge is 0.265 e. The summed E-state index contributed by atoms with van der Waals surface area (Å²) < 4.78 is 23.4. The van der Waals surface area contributed by atoms with E-state index < -0.39 is 9.84 Å². The molecule has 1 amide bonds. The number of carbonyl (C=O) groups is 1. The van der Waals surface area contributed by atoms with Crippen LogP contribution in [-0.2, 0) is 9.84 Å². The van der Waals surface area contributed by atoms with E-state index in [9.17, 15) is 13.2 Å². The average molecular weight is 316 g/mol. The van der Waals surface area contributed by atoms with Crippen LogP contribution in [0.25, 0.3) is 0 Å². The maximum absolute atomic E-state index is 11.9. The van der Waals surface area contributed by atoms with Crippen molar-refractivity contribution < 1.29 is 13.2 Å². The van der Waals surface area contributed by atoms with Crippen LogP contribution in [0.1, 0.15) is 9.67 Å². The molecule has 0 spiro atoms. The summed E-state index contributed by atoms with van der Waals surface area (Å²) in [6.07, 6.45) is 1.12. The highest BCUT2D eigenvalue weighted by atomic mass is 35.5. The Morgan fingerprint density at radius 2 is 2.00 bits per heavy atom. The van der Waals surface area contributed by atoms with Crippen molar-refractivity contribution in [2.45, 2.75) is 4.90 Å². The van der Waals surface area contributed by atoms with Gasteiger partial charge in [-0.2, -0.15) is 0 Å². The molecule has 4 nitrogen and oxygen atoms in total. The highest BCUT2D eigenvalue weighted by Crippen LogP contribution is 2.23. The number of sulfone groups is 1. The number of thiophene rings is 1. The molecule has 0 aliphatic rings. The molecule has 1 heterocycles. The third-order valence-electron chi connectivity index (χ3n) is 2.32. The molecular weight excluding hydrogens is 306 g/mol. The summed E-state index contributed by atoms with van der Waals surface area (Å²) in [5, 5.41) is 2.63. The van der Waals surface area contributed by atoms with Gasteiger partial charge in [-0.05, 0) is 30.3 Å². The summed E-state index contributed by atoms with van der Waals surface area (Å²) in [4.78, 5) is 12.5. The van der Waals surface area contributed by atoms with Crippen LogP contribution < -0.4 is 5.32 Å². The van der Waals surface area contributed by atoms with Gasteiger partial charge in [-0.3, -0.25) is 4.79 Å². The molecule has 0 atom stereocenters. The molecule has 0 unspecified atom stereocenters. The van der Waals surface area contributed by atoms with Crippen molar-refractivity contribution in [1.29, 1.82) is 0 Å². The average Bonchev–Trinajstić information content (AvgIpc) is 2.75. The zero-order valence-corrected chi connectivity index (χ0v) is 12.3. The zero-order chi connectivity index (χ0) is 14.0. The van der Waals surface area contributed by atoms with Crippen LogP contribution in [0.5, 0.6) is 0 Å². The van der Waals surface area contributed by atoms with Gasteiger partial charge < -0.3 is 5.32 Å². The third kappa shape index (κ3) is 3.56. The quantitative estimate of drug-likeness (QED) is 0.946. The summed E-state index contributed by atoms with van der Waals surface area (Å²) in [6.45, 7) is 0. The Kier molecular flexibility index (Phi) is 3.93. The molecule has 0 radical (unpaired) electrons. The van der Waals surface area contributed by atoms with Gasteiger partial charge in [0.05, 0.1) is 14.1 Å². The lowest BCUT2D eigenvalue weighted by Gasteiger charge is -2.05. The second-order valence-corrected chi connectivity index (χ2v) is 7.59. The van der Waals surface area contributed by atoms with Gasteiger partial charge in [0.25, 0.3) is 5.91 Å². The van der Waals surface area contributed by atoms with Crippen molar-refractivity contribution in [2.24, 2.45) is 0 Å². The van der Waals surface area contributed by atoms with E-state index in [0.29, 0.717) is 14.9 Å². The number of carbonyl (C=O) groups excluding carboxylic acids is 1. The molecule has 1 N–H and O–H groups in total. The predicted molar refractivity (Wildman–Crippen MR) is 76.8 cm³/mol. The minimum Gasteiger partial charge on any atom is -0.321 e. The molecule has 2 rings (SSSR count). The molecule has 1 aromatic heterocycles. The first-order chi connectivity index (χ1) is 8.86. The van der Waals surface area contributed by atoms with E-state index in [2.05, 4.69) is 5.32 Å². The van der Waals surface area contributed by atoms with Crippen molar-refractivity contribution >= 4 is 44.4 Å². The Labute approximate surface area is 119 Å². The number of anilines is 1. The first-order valence-electron chi connectivity index (χ1n) is 5.23. The summed E-state index contributed by atoms with van der Waals surface area (Å²) >= 11 is 6.91. The van der Waals surface area contributed by atoms with Crippen LogP contribution in [0, 0.1) is 0 Å². The SMILES string of the molecule is CS(=O)(=O)c1cccc(NC(=O)c2ccc(Cl)s2)c1. The van der Waals surface area contributed by atoms with Gasteiger partial charge in [0, 0.05) is 11.9 Å². The summed E-state index contributed by atoms with van der Waals surface area (Å²) in [5.74, 6) is -0.317. The fourth-order valence-electron chi connectivity index (χ4n) is 1.43. The summed E-state index contributed by atoms with van der Waals surface area (Å²) in [5.41, 5.74) is 0.428. The Hall–Kier alpha value is -1.37. The molecular formula is C12H10ClNO3S2. The normalized spacial score (nSPS) is 11.3. The lowest BCUT2D eigenvalue weighted by Crippen LogP contribution is -2.10. The first-order valence-corrected chi connectivity index (χ1v) is 8.31. The van der Waals surface area contributed by atoms with Crippen LogP contribution in [0.4, 0.5) is 5.69 Å². The van der Waals surface area contributed by atoms with E-state index in [1.165, 1.54) is 12.1 Å². The predicted octanol–water partition coefficient (Wildman–Crippen LogP) is 3.06. The Bertz CT molecular complexity index is 722. The number of amides is 1. The van der Waals surface area contributed by atoms with Crippen molar-refractivity contribution in [2.75, 3.05) is 11.6 Å². The maximum atomic E-state index is 11.9. The third-order valence-corrected chi connectivity index (χ3v) is 4.66. The van der Waals surface area contributed by atoms with Crippen LogP contribution in [-0.4, -0.2) is 20.6 Å². The second kappa shape index (κ2) is 5.32. The van der Waals surface area contributed by atoms with Gasteiger partial charge in [-0.25, -0.2) is 8.42 Å².